The summed E-state index contributed by atoms with van der Waals surface area (Å²) in [6, 6.07) is 6.32. The van der Waals surface area contributed by atoms with Gasteiger partial charge in [0, 0.05) is 37.3 Å². The van der Waals surface area contributed by atoms with Crippen LogP contribution in [0.4, 0.5) is 0 Å². The lowest BCUT2D eigenvalue weighted by molar-refractivity contribution is -0.144. The molecular weight excluding hydrogens is 392 g/mol. The molecule has 7 heteroatoms. The average molecular weight is 418 g/mol. The molecule has 7 nitrogen and oxygen atoms in total. The molecule has 1 aromatic heterocycles. The molecule has 2 bridgehead atoms. The van der Waals surface area contributed by atoms with Crippen LogP contribution in [0.2, 0.25) is 0 Å². The van der Waals surface area contributed by atoms with E-state index in [1.54, 1.807) is 6.20 Å². The number of ether oxygens (including phenoxy) is 1. The van der Waals surface area contributed by atoms with E-state index in [2.05, 4.69) is 42.2 Å². The molecule has 1 aromatic carbocycles. The Morgan fingerprint density at radius 3 is 3.10 bits per heavy atom. The van der Waals surface area contributed by atoms with Gasteiger partial charge in [-0.05, 0) is 25.0 Å². The number of hydrogen-bond acceptors (Lipinski definition) is 4. The van der Waals surface area contributed by atoms with Crippen LogP contribution in [0.5, 0.6) is 0 Å². The maximum absolute atomic E-state index is 13.6. The Balaban J connectivity index is 1.26. The molecule has 1 N–H and O–H groups in total. The molecule has 6 rings (SSSR count). The summed E-state index contributed by atoms with van der Waals surface area (Å²) in [6.45, 7) is 6.37. The Morgan fingerprint density at radius 1 is 1.35 bits per heavy atom. The van der Waals surface area contributed by atoms with E-state index in [1.807, 2.05) is 22.0 Å². The van der Waals surface area contributed by atoms with Gasteiger partial charge in [0.2, 0.25) is 11.8 Å². The molecule has 2 fully saturated rings. The van der Waals surface area contributed by atoms with Crippen LogP contribution in [-0.2, 0) is 33.8 Å². The van der Waals surface area contributed by atoms with Crippen molar-refractivity contribution in [2.45, 2.75) is 45.1 Å². The second kappa shape index (κ2) is 6.53. The predicted octanol–water partition coefficient (Wildman–Crippen LogP) is 1.89. The van der Waals surface area contributed by atoms with Crippen LogP contribution in [-0.4, -0.2) is 56.6 Å². The molecule has 4 aliphatic heterocycles. The largest absolute Gasteiger partial charge is 0.360 e. The molecule has 0 unspecified atom stereocenters. The van der Waals surface area contributed by atoms with Crippen molar-refractivity contribution in [3.8, 4) is 0 Å². The number of nitrogens with zero attached hydrogens (tertiary/aromatic N) is 3. The zero-order valence-corrected chi connectivity index (χ0v) is 17.8. The first-order valence-electron chi connectivity index (χ1n) is 11.0. The van der Waals surface area contributed by atoms with E-state index < -0.39 is 17.4 Å². The molecule has 1 spiro atoms. The van der Waals surface area contributed by atoms with Gasteiger partial charge in [-0.25, -0.2) is 0 Å². The summed E-state index contributed by atoms with van der Waals surface area (Å²) in [5.41, 5.74) is 4.99. The van der Waals surface area contributed by atoms with E-state index in [0.717, 1.165) is 23.2 Å². The Labute approximate surface area is 181 Å². The second-order valence-corrected chi connectivity index (χ2v) is 9.41. The van der Waals surface area contributed by atoms with Crippen molar-refractivity contribution in [3.63, 3.8) is 0 Å². The molecule has 2 saturated heterocycles. The van der Waals surface area contributed by atoms with E-state index in [4.69, 9.17) is 4.74 Å². The van der Waals surface area contributed by atoms with Crippen molar-refractivity contribution in [2.24, 2.45) is 11.8 Å². The summed E-state index contributed by atoms with van der Waals surface area (Å²) in [6.07, 6.45) is 6.26. The number of rotatable bonds is 3. The molecule has 2 aromatic rings. The first kappa shape index (κ1) is 18.8. The quantitative estimate of drug-likeness (QED) is 0.773. The molecular formula is C24H26N4O3. The molecule has 0 radical (unpaired) electrons. The van der Waals surface area contributed by atoms with Gasteiger partial charge in [-0.2, -0.15) is 5.10 Å². The summed E-state index contributed by atoms with van der Waals surface area (Å²) >= 11 is 0. The van der Waals surface area contributed by atoms with Gasteiger partial charge in [-0.3, -0.25) is 14.7 Å². The number of carbonyl (C=O) groups excluding carboxylic acids is 2. The number of likely N-dealkylation sites (tertiary alicyclic amines) is 1. The van der Waals surface area contributed by atoms with Gasteiger partial charge >= 0.3 is 0 Å². The van der Waals surface area contributed by atoms with E-state index >= 15 is 0 Å². The normalized spacial score (nSPS) is 30.8. The Hall–Kier alpha value is -2.93. The fourth-order valence-electron chi connectivity index (χ4n) is 5.79. The van der Waals surface area contributed by atoms with Gasteiger partial charge in [-0.15, -0.1) is 0 Å². The van der Waals surface area contributed by atoms with Crippen LogP contribution < -0.4 is 0 Å². The number of H-pyrrole nitrogens is 1. The van der Waals surface area contributed by atoms with Crippen LogP contribution in [0.3, 0.4) is 0 Å². The number of aromatic nitrogens is 2. The van der Waals surface area contributed by atoms with E-state index in [-0.39, 0.29) is 17.9 Å². The van der Waals surface area contributed by atoms with Crippen LogP contribution in [0.1, 0.15) is 27.9 Å². The fourth-order valence-corrected chi connectivity index (χ4v) is 5.79. The van der Waals surface area contributed by atoms with Gasteiger partial charge < -0.3 is 14.5 Å². The second-order valence-electron chi connectivity index (χ2n) is 9.41. The van der Waals surface area contributed by atoms with Crippen LogP contribution >= 0.6 is 0 Å². The van der Waals surface area contributed by atoms with Crippen molar-refractivity contribution < 1.29 is 14.3 Å². The van der Waals surface area contributed by atoms with Crippen molar-refractivity contribution >= 4 is 11.8 Å². The lowest BCUT2D eigenvalue weighted by Crippen LogP contribution is -2.47. The molecule has 0 saturated carbocycles. The Kier molecular flexibility index (Phi) is 3.96. The Morgan fingerprint density at radius 2 is 2.23 bits per heavy atom. The average Bonchev–Trinajstić information content (AvgIpc) is 3.51. The highest BCUT2D eigenvalue weighted by molar-refractivity contribution is 5.93. The highest BCUT2D eigenvalue weighted by Gasteiger charge is 2.67. The summed E-state index contributed by atoms with van der Waals surface area (Å²) in [5.74, 6) is -0.831. The topological polar surface area (TPSA) is 78.5 Å². The standard InChI is InChI=1S/C24H26N4O3/c1-14-3-4-15(2)16(9-14)11-28-13-24-7-5-19(31-24)20(21(24)23(28)30)22(29)27-8-6-18-17(12-27)10-25-26-18/h3-5,7,9-10,19-21H,6,8,11-13H2,1-2H3,(H,25,26)/t19-,20+,21-,24-/m0/s1. The van der Waals surface area contributed by atoms with Crippen LogP contribution in [0, 0.1) is 25.7 Å². The smallest absolute Gasteiger partial charge is 0.230 e. The number of aryl methyl sites for hydroxylation is 2. The first-order valence-corrected chi connectivity index (χ1v) is 11.0. The number of hydrogen-bond donors (Lipinski definition) is 1. The summed E-state index contributed by atoms with van der Waals surface area (Å²) in [4.78, 5) is 30.9. The van der Waals surface area contributed by atoms with Gasteiger partial charge in [0.25, 0.3) is 0 Å². The number of benzene rings is 1. The third-order valence-corrected chi connectivity index (χ3v) is 7.44. The number of nitrogens with one attached hydrogen (secondary N) is 1. The minimum absolute atomic E-state index is 0.0232. The third-order valence-electron chi connectivity index (χ3n) is 7.44. The summed E-state index contributed by atoms with van der Waals surface area (Å²) < 4.78 is 6.32. The third kappa shape index (κ3) is 2.72. The fraction of sp³-hybridized carbons (Fsp3) is 0.458. The number of amides is 2. The van der Waals surface area contributed by atoms with Crippen molar-refractivity contribution in [1.29, 1.82) is 0 Å². The lowest BCUT2D eigenvalue weighted by atomic mass is 9.76. The summed E-state index contributed by atoms with van der Waals surface area (Å²) in [7, 11) is 0. The number of carbonyl (C=O) groups is 2. The van der Waals surface area contributed by atoms with E-state index in [0.29, 0.717) is 26.2 Å². The highest BCUT2D eigenvalue weighted by Crippen LogP contribution is 2.52. The van der Waals surface area contributed by atoms with Gasteiger partial charge in [0.1, 0.15) is 5.60 Å². The maximum atomic E-state index is 13.6. The van der Waals surface area contributed by atoms with E-state index in [9.17, 15) is 9.59 Å². The van der Waals surface area contributed by atoms with Gasteiger partial charge in [0.15, 0.2) is 0 Å². The van der Waals surface area contributed by atoms with Crippen molar-refractivity contribution in [2.75, 3.05) is 13.1 Å². The minimum atomic E-state index is -0.670. The van der Waals surface area contributed by atoms with E-state index in [1.165, 1.54) is 11.1 Å². The zero-order chi connectivity index (χ0) is 21.3. The minimum Gasteiger partial charge on any atom is -0.360 e. The highest BCUT2D eigenvalue weighted by atomic mass is 16.5. The zero-order valence-electron chi connectivity index (χ0n) is 17.8. The van der Waals surface area contributed by atoms with Crippen LogP contribution in [0.15, 0.2) is 36.5 Å². The number of fused-ring (bicyclic) bond motifs is 2. The monoisotopic (exact) mass is 418 g/mol. The SMILES string of the molecule is Cc1ccc(C)c(CN2C[C@]34C=C[C@H](O3)[C@@H](C(=O)N3CCc5[nH]ncc5C3)[C@H]4C2=O)c1. The Bertz CT molecular complexity index is 1120. The van der Waals surface area contributed by atoms with Gasteiger partial charge in [-0.1, -0.05) is 35.9 Å². The summed E-state index contributed by atoms with van der Waals surface area (Å²) in [5, 5.41) is 7.11. The molecule has 4 aliphatic rings. The molecule has 0 aliphatic carbocycles. The molecule has 4 atom stereocenters. The molecule has 31 heavy (non-hydrogen) atoms. The maximum Gasteiger partial charge on any atom is 0.230 e. The lowest BCUT2D eigenvalue weighted by Gasteiger charge is -2.32. The molecule has 160 valence electrons. The predicted molar refractivity (Wildman–Crippen MR) is 113 cm³/mol. The van der Waals surface area contributed by atoms with Gasteiger partial charge in [0.05, 0.1) is 30.7 Å². The molecule has 5 heterocycles. The number of aromatic amines is 1. The molecule has 2 amide bonds. The first-order chi connectivity index (χ1) is 14.9. The van der Waals surface area contributed by atoms with Crippen molar-refractivity contribution in [1.82, 2.24) is 20.0 Å². The van der Waals surface area contributed by atoms with Crippen LogP contribution in [0.25, 0.3) is 0 Å². The van der Waals surface area contributed by atoms with Crippen molar-refractivity contribution in [3.05, 3.63) is 64.5 Å².